The number of rotatable bonds is 7. The molecule has 0 saturated heterocycles. The van der Waals surface area contributed by atoms with Crippen LogP contribution in [0.25, 0.3) is 0 Å². The molecule has 0 aliphatic carbocycles. The second kappa shape index (κ2) is 6.36. The largest absolute Gasteiger partial charge is 0.481 e. The first-order valence-electron chi connectivity index (χ1n) is 6.42. The molecule has 0 unspecified atom stereocenters. The van der Waals surface area contributed by atoms with E-state index in [1.165, 1.54) is 0 Å². The van der Waals surface area contributed by atoms with Crippen LogP contribution in [0.4, 0.5) is 0 Å². The van der Waals surface area contributed by atoms with Crippen LogP contribution < -0.4 is 5.32 Å². The maximum absolute atomic E-state index is 11.9. The first-order valence-corrected chi connectivity index (χ1v) is 6.42. The molecule has 0 spiro atoms. The Hall–Kier alpha value is -1.85. The quantitative estimate of drug-likeness (QED) is 0.780. The van der Waals surface area contributed by atoms with Crippen molar-refractivity contribution in [2.24, 2.45) is 12.5 Å². The van der Waals surface area contributed by atoms with Gasteiger partial charge in [-0.2, -0.15) is 5.10 Å². The van der Waals surface area contributed by atoms with Crippen molar-refractivity contribution in [3.05, 3.63) is 18.0 Å². The highest BCUT2D eigenvalue weighted by molar-refractivity contribution is 5.84. The number of nitrogens with zero attached hydrogens (tertiary/aromatic N) is 2. The van der Waals surface area contributed by atoms with Gasteiger partial charge in [-0.25, -0.2) is 0 Å². The second-order valence-electron chi connectivity index (χ2n) is 4.69. The van der Waals surface area contributed by atoms with Crippen LogP contribution in [0.5, 0.6) is 0 Å². The highest BCUT2D eigenvalue weighted by atomic mass is 16.4. The van der Waals surface area contributed by atoms with Crippen molar-refractivity contribution in [1.82, 2.24) is 15.1 Å². The van der Waals surface area contributed by atoms with E-state index in [0.717, 1.165) is 5.69 Å². The summed E-state index contributed by atoms with van der Waals surface area (Å²) in [6.45, 7) is 3.95. The first kappa shape index (κ1) is 15.2. The number of carbonyl (C=O) groups excluding carboxylic acids is 1. The molecule has 2 N–H and O–H groups in total. The highest BCUT2D eigenvalue weighted by Crippen LogP contribution is 2.30. The second-order valence-corrected chi connectivity index (χ2v) is 4.69. The summed E-state index contributed by atoms with van der Waals surface area (Å²) in [7, 11) is 1.79. The predicted octanol–water partition coefficient (Wildman–Crippen LogP) is 1.32. The number of carboxylic acids is 1. The van der Waals surface area contributed by atoms with Crippen LogP contribution in [-0.2, 0) is 23.2 Å². The molecule has 0 aliphatic rings. The van der Waals surface area contributed by atoms with Crippen LogP contribution in [0, 0.1) is 5.41 Å². The molecule has 106 valence electrons. The summed E-state index contributed by atoms with van der Waals surface area (Å²) < 4.78 is 1.67. The molecule has 0 saturated carbocycles. The minimum absolute atomic E-state index is 0.00713. The minimum atomic E-state index is -0.962. The van der Waals surface area contributed by atoms with Crippen molar-refractivity contribution in [3.8, 4) is 0 Å². The van der Waals surface area contributed by atoms with Crippen LogP contribution in [0.2, 0.25) is 0 Å². The number of aliphatic carboxylic acids is 1. The summed E-state index contributed by atoms with van der Waals surface area (Å²) in [5, 5.41) is 16.0. The van der Waals surface area contributed by atoms with Gasteiger partial charge in [0.05, 0.1) is 17.7 Å². The predicted molar refractivity (Wildman–Crippen MR) is 70.3 cm³/mol. The number of carbonyl (C=O) groups is 2. The number of aryl methyl sites for hydroxylation is 1. The molecule has 1 aromatic heterocycles. The zero-order valence-corrected chi connectivity index (χ0v) is 11.6. The van der Waals surface area contributed by atoms with Gasteiger partial charge < -0.3 is 10.4 Å². The van der Waals surface area contributed by atoms with E-state index in [9.17, 15) is 14.7 Å². The summed E-state index contributed by atoms with van der Waals surface area (Å²) in [4.78, 5) is 23.2. The Morgan fingerprint density at radius 3 is 2.47 bits per heavy atom. The monoisotopic (exact) mass is 267 g/mol. The lowest BCUT2D eigenvalue weighted by Crippen LogP contribution is -2.36. The standard InChI is InChI=1S/C13H21N3O3/c1-4-13(5-2,12(18)19)8-11(17)14-9-10-6-7-15-16(10)3/h6-7H,4-5,8-9H2,1-3H3,(H,14,17)(H,18,19). The zero-order valence-electron chi connectivity index (χ0n) is 11.6. The van der Waals surface area contributed by atoms with Gasteiger partial charge in [0.25, 0.3) is 0 Å². The van der Waals surface area contributed by atoms with Crippen LogP contribution in [0.3, 0.4) is 0 Å². The third-order valence-electron chi connectivity index (χ3n) is 3.70. The zero-order chi connectivity index (χ0) is 14.5. The van der Waals surface area contributed by atoms with E-state index in [4.69, 9.17) is 0 Å². The van der Waals surface area contributed by atoms with Crippen molar-refractivity contribution < 1.29 is 14.7 Å². The van der Waals surface area contributed by atoms with Gasteiger partial charge in [0.15, 0.2) is 0 Å². The molecule has 0 bridgehead atoms. The summed E-state index contributed by atoms with van der Waals surface area (Å²) in [6, 6.07) is 1.81. The third kappa shape index (κ3) is 3.56. The lowest BCUT2D eigenvalue weighted by atomic mass is 9.79. The van der Waals surface area contributed by atoms with E-state index in [1.807, 2.05) is 6.07 Å². The number of hydrogen-bond acceptors (Lipinski definition) is 3. The number of nitrogens with one attached hydrogen (secondary N) is 1. The maximum Gasteiger partial charge on any atom is 0.310 e. The van der Waals surface area contributed by atoms with Crippen LogP contribution >= 0.6 is 0 Å². The summed E-state index contributed by atoms with van der Waals surface area (Å²) >= 11 is 0. The Morgan fingerprint density at radius 2 is 2.05 bits per heavy atom. The fourth-order valence-electron chi connectivity index (χ4n) is 2.01. The van der Waals surface area contributed by atoms with Crippen LogP contribution in [0.15, 0.2) is 12.3 Å². The molecule has 6 nitrogen and oxygen atoms in total. The molecule has 1 aromatic rings. The van der Waals surface area contributed by atoms with E-state index in [-0.39, 0.29) is 12.3 Å². The summed E-state index contributed by atoms with van der Waals surface area (Å²) in [6.07, 6.45) is 2.55. The fraction of sp³-hybridized carbons (Fsp3) is 0.615. The van der Waals surface area contributed by atoms with E-state index < -0.39 is 11.4 Å². The lowest BCUT2D eigenvalue weighted by Gasteiger charge is -2.25. The van der Waals surface area contributed by atoms with E-state index in [2.05, 4.69) is 10.4 Å². The molecule has 0 atom stereocenters. The Kier molecular flexibility index (Phi) is 5.09. The number of hydrogen-bond donors (Lipinski definition) is 2. The molecule has 0 aromatic carbocycles. The fourth-order valence-corrected chi connectivity index (χ4v) is 2.01. The highest BCUT2D eigenvalue weighted by Gasteiger charge is 2.37. The Morgan fingerprint density at radius 1 is 1.42 bits per heavy atom. The minimum Gasteiger partial charge on any atom is -0.481 e. The van der Waals surface area contributed by atoms with Crippen molar-refractivity contribution >= 4 is 11.9 Å². The van der Waals surface area contributed by atoms with E-state index >= 15 is 0 Å². The molecule has 0 radical (unpaired) electrons. The number of aromatic nitrogens is 2. The SMILES string of the molecule is CCC(CC)(CC(=O)NCc1ccnn1C)C(=O)O. The van der Waals surface area contributed by atoms with Gasteiger partial charge in [-0.3, -0.25) is 14.3 Å². The van der Waals surface area contributed by atoms with Gasteiger partial charge in [-0.15, -0.1) is 0 Å². The summed E-state index contributed by atoms with van der Waals surface area (Å²) in [5.74, 6) is -1.15. The van der Waals surface area contributed by atoms with Crippen LogP contribution in [0.1, 0.15) is 38.8 Å². The van der Waals surface area contributed by atoms with Gasteiger partial charge in [0.1, 0.15) is 0 Å². The van der Waals surface area contributed by atoms with Crippen LogP contribution in [-0.4, -0.2) is 26.8 Å². The Balaban J connectivity index is 2.59. The molecule has 0 fully saturated rings. The van der Waals surface area contributed by atoms with Crippen molar-refractivity contribution in [2.45, 2.75) is 39.7 Å². The summed E-state index contributed by atoms with van der Waals surface area (Å²) in [5.41, 5.74) is -0.0847. The Labute approximate surface area is 112 Å². The maximum atomic E-state index is 11.9. The first-order chi connectivity index (χ1) is 8.95. The van der Waals surface area contributed by atoms with E-state index in [0.29, 0.717) is 19.4 Å². The van der Waals surface area contributed by atoms with Gasteiger partial charge in [0, 0.05) is 19.7 Å². The molecule has 0 aliphatic heterocycles. The molecule has 19 heavy (non-hydrogen) atoms. The smallest absolute Gasteiger partial charge is 0.310 e. The molecular formula is C13H21N3O3. The lowest BCUT2D eigenvalue weighted by molar-refractivity contribution is -0.152. The Bertz CT molecular complexity index is 450. The van der Waals surface area contributed by atoms with E-state index in [1.54, 1.807) is 31.8 Å². The molecule has 1 rings (SSSR count). The average Bonchev–Trinajstić information content (AvgIpc) is 2.79. The van der Waals surface area contributed by atoms with Gasteiger partial charge >= 0.3 is 5.97 Å². The van der Waals surface area contributed by atoms with Crippen molar-refractivity contribution in [3.63, 3.8) is 0 Å². The topological polar surface area (TPSA) is 84.2 Å². The van der Waals surface area contributed by atoms with Crippen molar-refractivity contribution in [1.29, 1.82) is 0 Å². The van der Waals surface area contributed by atoms with Gasteiger partial charge in [-0.1, -0.05) is 13.8 Å². The van der Waals surface area contributed by atoms with Gasteiger partial charge in [-0.05, 0) is 18.9 Å². The number of amides is 1. The van der Waals surface area contributed by atoms with Crippen molar-refractivity contribution in [2.75, 3.05) is 0 Å². The normalized spacial score (nSPS) is 11.3. The third-order valence-corrected chi connectivity index (χ3v) is 3.70. The molecule has 6 heteroatoms. The molecule has 1 amide bonds. The molecular weight excluding hydrogens is 246 g/mol. The van der Waals surface area contributed by atoms with Gasteiger partial charge in [0.2, 0.25) is 5.91 Å². The average molecular weight is 267 g/mol. The molecule has 1 heterocycles. The number of carboxylic acid groups (broad SMARTS) is 1.